The van der Waals surface area contributed by atoms with Crippen molar-refractivity contribution in [3.8, 4) is 0 Å². The highest BCUT2D eigenvalue weighted by Crippen LogP contribution is 2.25. The second-order valence-electron chi connectivity index (χ2n) is 4.84. The van der Waals surface area contributed by atoms with Gasteiger partial charge in [-0.05, 0) is 49.1 Å². The second kappa shape index (κ2) is 5.51. The molecule has 0 aliphatic carbocycles. The summed E-state index contributed by atoms with van der Waals surface area (Å²) in [6, 6.07) is 12.2. The summed E-state index contributed by atoms with van der Waals surface area (Å²) >= 11 is 1.79. The van der Waals surface area contributed by atoms with E-state index < -0.39 is 0 Å². The molecule has 0 aliphatic rings. The number of hydrogen-bond acceptors (Lipinski definition) is 4. The first-order chi connectivity index (χ1) is 9.72. The van der Waals surface area contributed by atoms with Gasteiger partial charge in [-0.1, -0.05) is 6.07 Å². The standard InChI is InChI=1S/C16H17N3S/c1-11-9-16(18-7-6-13-3-2-8-20-13)14-10-12(17)4-5-15(14)19-11/h2-5,8-10H,6-7,17H2,1H3,(H,18,19). The van der Waals surface area contributed by atoms with Crippen molar-refractivity contribution in [3.05, 3.63) is 52.3 Å². The van der Waals surface area contributed by atoms with Gasteiger partial charge in [-0.15, -0.1) is 11.3 Å². The summed E-state index contributed by atoms with van der Waals surface area (Å²) < 4.78 is 0. The SMILES string of the molecule is Cc1cc(NCCc2cccs2)c2cc(N)ccc2n1. The Morgan fingerprint density at radius 3 is 2.95 bits per heavy atom. The fraction of sp³-hybridized carbons (Fsp3) is 0.188. The molecule has 0 fully saturated rings. The number of benzene rings is 1. The van der Waals surface area contributed by atoms with Crippen LogP contribution in [0.15, 0.2) is 41.8 Å². The van der Waals surface area contributed by atoms with Crippen LogP contribution < -0.4 is 11.1 Å². The summed E-state index contributed by atoms with van der Waals surface area (Å²) in [7, 11) is 0. The molecule has 3 nitrogen and oxygen atoms in total. The maximum atomic E-state index is 5.88. The van der Waals surface area contributed by atoms with Crippen molar-refractivity contribution in [2.24, 2.45) is 0 Å². The molecule has 3 N–H and O–H groups in total. The van der Waals surface area contributed by atoms with Crippen LogP contribution in [0.3, 0.4) is 0 Å². The number of nitrogens with zero attached hydrogens (tertiary/aromatic N) is 1. The zero-order valence-corrected chi connectivity index (χ0v) is 12.2. The largest absolute Gasteiger partial charge is 0.399 e. The van der Waals surface area contributed by atoms with E-state index in [1.54, 1.807) is 11.3 Å². The average Bonchev–Trinajstić information content (AvgIpc) is 2.92. The van der Waals surface area contributed by atoms with Crippen molar-refractivity contribution >= 4 is 33.6 Å². The lowest BCUT2D eigenvalue weighted by molar-refractivity contribution is 1.04. The van der Waals surface area contributed by atoms with Crippen LogP contribution in [0.25, 0.3) is 10.9 Å². The first-order valence-corrected chi connectivity index (χ1v) is 7.53. The van der Waals surface area contributed by atoms with Crippen LogP contribution >= 0.6 is 11.3 Å². The van der Waals surface area contributed by atoms with Crippen LogP contribution in [-0.4, -0.2) is 11.5 Å². The van der Waals surface area contributed by atoms with Gasteiger partial charge in [0.2, 0.25) is 0 Å². The normalized spacial score (nSPS) is 10.8. The smallest absolute Gasteiger partial charge is 0.0727 e. The van der Waals surface area contributed by atoms with Crippen LogP contribution in [0.4, 0.5) is 11.4 Å². The number of rotatable bonds is 4. The molecule has 0 amide bonds. The van der Waals surface area contributed by atoms with E-state index in [2.05, 4.69) is 33.9 Å². The monoisotopic (exact) mass is 283 g/mol. The van der Waals surface area contributed by atoms with E-state index in [-0.39, 0.29) is 0 Å². The molecule has 20 heavy (non-hydrogen) atoms. The number of anilines is 2. The molecule has 102 valence electrons. The molecule has 0 saturated heterocycles. The molecule has 4 heteroatoms. The van der Waals surface area contributed by atoms with Gasteiger partial charge >= 0.3 is 0 Å². The summed E-state index contributed by atoms with van der Waals surface area (Å²) in [5, 5.41) is 6.70. The highest BCUT2D eigenvalue weighted by atomic mass is 32.1. The van der Waals surface area contributed by atoms with Gasteiger partial charge in [0.25, 0.3) is 0 Å². The molecule has 0 bridgehead atoms. The molecule has 0 saturated carbocycles. The Kier molecular flexibility index (Phi) is 3.56. The molecule has 0 spiro atoms. The lowest BCUT2D eigenvalue weighted by Crippen LogP contribution is -2.05. The van der Waals surface area contributed by atoms with Crippen molar-refractivity contribution < 1.29 is 0 Å². The highest BCUT2D eigenvalue weighted by molar-refractivity contribution is 7.09. The third kappa shape index (κ3) is 2.75. The highest BCUT2D eigenvalue weighted by Gasteiger charge is 2.04. The number of thiophene rings is 1. The fourth-order valence-electron chi connectivity index (χ4n) is 2.30. The van der Waals surface area contributed by atoms with Crippen molar-refractivity contribution in [2.75, 3.05) is 17.6 Å². The van der Waals surface area contributed by atoms with Crippen LogP contribution in [-0.2, 0) is 6.42 Å². The van der Waals surface area contributed by atoms with Gasteiger partial charge in [0.1, 0.15) is 0 Å². The second-order valence-corrected chi connectivity index (χ2v) is 5.88. The Labute approximate surface area is 122 Å². The molecule has 3 aromatic rings. The number of nitrogens with one attached hydrogen (secondary N) is 1. The summed E-state index contributed by atoms with van der Waals surface area (Å²) in [6.45, 7) is 2.92. The van der Waals surface area contributed by atoms with Gasteiger partial charge in [-0.3, -0.25) is 4.98 Å². The van der Waals surface area contributed by atoms with E-state index in [0.29, 0.717) is 0 Å². The molecular weight excluding hydrogens is 266 g/mol. The summed E-state index contributed by atoms with van der Waals surface area (Å²) in [6.07, 6.45) is 1.03. The number of aromatic nitrogens is 1. The Hall–Kier alpha value is -2.07. The lowest BCUT2D eigenvalue weighted by Gasteiger charge is -2.11. The Balaban J connectivity index is 1.84. The van der Waals surface area contributed by atoms with Crippen molar-refractivity contribution in [1.29, 1.82) is 0 Å². The molecule has 0 unspecified atom stereocenters. The molecule has 2 heterocycles. The number of fused-ring (bicyclic) bond motifs is 1. The average molecular weight is 283 g/mol. The Morgan fingerprint density at radius 2 is 2.15 bits per heavy atom. The molecule has 1 aromatic carbocycles. The number of nitrogen functional groups attached to an aromatic ring is 1. The van der Waals surface area contributed by atoms with Crippen LogP contribution in [0.5, 0.6) is 0 Å². The van der Waals surface area contributed by atoms with Crippen LogP contribution in [0, 0.1) is 6.92 Å². The van der Waals surface area contributed by atoms with Gasteiger partial charge in [-0.2, -0.15) is 0 Å². The maximum Gasteiger partial charge on any atom is 0.0727 e. The maximum absolute atomic E-state index is 5.88. The van der Waals surface area contributed by atoms with E-state index in [4.69, 9.17) is 5.73 Å². The Morgan fingerprint density at radius 1 is 1.25 bits per heavy atom. The summed E-state index contributed by atoms with van der Waals surface area (Å²) in [5.74, 6) is 0. The van der Waals surface area contributed by atoms with E-state index >= 15 is 0 Å². The number of hydrogen-bond donors (Lipinski definition) is 2. The fourth-order valence-corrected chi connectivity index (χ4v) is 3.01. The van der Waals surface area contributed by atoms with Gasteiger partial charge in [-0.25, -0.2) is 0 Å². The summed E-state index contributed by atoms with van der Waals surface area (Å²) in [4.78, 5) is 5.94. The zero-order valence-electron chi connectivity index (χ0n) is 11.4. The molecule has 0 atom stereocenters. The van der Waals surface area contributed by atoms with Gasteiger partial charge in [0.15, 0.2) is 0 Å². The minimum Gasteiger partial charge on any atom is -0.399 e. The first kappa shape index (κ1) is 12.9. The zero-order chi connectivity index (χ0) is 13.9. The predicted molar refractivity (Wildman–Crippen MR) is 87.4 cm³/mol. The van der Waals surface area contributed by atoms with E-state index in [1.807, 2.05) is 25.1 Å². The van der Waals surface area contributed by atoms with Crippen molar-refractivity contribution in [1.82, 2.24) is 4.98 Å². The van der Waals surface area contributed by atoms with E-state index in [0.717, 1.165) is 40.9 Å². The van der Waals surface area contributed by atoms with Crippen molar-refractivity contribution in [2.45, 2.75) is 13.3 Å². The summed E-state index contributed by atoms with van der Waals surface area (Å²) in [5.41, 5.74) is 9.76. The minimum absolute atomic E-state index is 0.768. The van der Waals surface area contributed by atoms with Gasteiger partial charge in [0.05, 0.1) is 5.52 Å². The Bertz CT molecular complexity index is 720. The van der Waals surface area contributed by atoms with Gasteiger partial charge < -0.3 is 11.1 Å². The van der Waals surface area contributed by atoms with Crippen LogP contribution in [0.2, 0.25) is 0 Å². The predicted octanol–water partition coefficient (Wildman–Crippen LogP) is 3.84. The molecule has 2 aromatic heterocycles. The van der Waals surface area contributed by atoms with E-state index in [1.165, 1.54) is 4.88 Å². The molecule has 0 radical (unpaired) electrons. The lowest BCUT2D eigenvalue weighted by atomic mass is 10.1. The number of nitrogens with two attached hydrogens (primary N) is 1. The third-order valence-corrected chi connectivity index (χ3v) is 4.16. The number of aryl methyl sites for hydroxylation is 1. The topological polar surface area (TPSA) is 50.9 Å². The number of pyridine rings is 1. The van der Waals surface area contributed by atoms with Crippen molar-refractivity contribution in [3.63, 3.8) is 0 Å². The van der Waals surface area contributed by atoms with E-state index in [9.17, 15) is 0 Å². The molecular formula is C16H17N3S. The quantitative estimate of drug-likeness (QED) is 0.715. The molecule has 3 rings (SSSR count). The van der Waals surface area contributed by atoms with Crippen LogP contribution in [0.1, 0.15) is 10.6 Å². The molecule has 0 aliphatic heterocycles. The minimum atomic E-state index is 0.768. The third-order valence-electron chi connectivity index (χ3n) is 3.23. The first-order valence-electron chi connectivity index (χ1n) is 6.65. The van der Waals surface area contributed by atoms with Gasteiger partial charge in [0, 0.05) is 33.9 Å².